The predicted octanol–water partition coefficient (Wildman–Crippen LogP) is -0.652. The summed E-state index contributed by atoms with van der Waals surface area (Å²) in [7, 11) is -3.64. The highest BCUT2D eigenvalue weighted by atomic mass is 32.2. The number of aliphatic carboxylic acids is 1. The second-order valence-electron chi connectivity index (χ2n) is 5.04. The molecule has 0 radical (unpaired) electrons. The van der Waals surface area contributed by atoms with Gasteiger partial charge in [-0.25, -0.2) is 17.8 Å². The lowest BCUT2D eigenvalue weighted by atomic mass is 10.4. The van der Waals surface area contributed by atoms with E-state index in [9.17, 15) is 18.0 Å². The average molecular weight is 367 g/mol. The lowest BCUT2D eigenvalue weighted by molar-refractivity contribution is -0.138. The van der Waals surface area contributed by atoms with Gasteiger partial charge < -0.3 is 10.4 Å². The summed E-state index contributed by atoms with van der Waals surface area (Å²) in [5, 5.41) is 18.5. The molecule has 2 rings (SSSR count). The second-order valence-corrected chi connectivity index (χ2v) is 6.81. The highest BCUT2D eigenvalue weighted by Crippen LogP contribution is 2.06. The maximum atomic E-state index is 12.0. The number of carbonyl (C=O) groups is 2. The quantitative estimate of drug-likeness (QED) is 0.534. The van der Waals surface area contributed by atoms with E-state index in [2.05, 4.69) is 20.4 Å². The number of hydrogen-bond donors (Lipinski definition) is 3. The molecule has 0 spiro atoms. The molecule has 10 nitrogen and oxygen atoms in total. The van der Waals surface area contributed by atoms with Crippen molar-refractivity contribution in [2.24, 2.45) is 0 Å². The number of amides is 1. The van der Waals surface area contributed by atoms with Crippen molar-refractivity contribution in [1.82, 2.24) is 25.0 Å². The fourth-order valence-corrected chi connectivity index (χ4v) is 2.95. The molecule has 1 heterocycles. The summed E-state index contributed by atoms with van der Waals surface area (Å²) in [6.07, 6.45) is 1.36. The predicted molar refractivity (Wildman–Crippen MR) is 85.8 cm³/mol. The van der Waals surface area contributed by atoms with E-state index < -0.39 is 16.0 Å². The van der Waals surface area contributed by atoms with Crippen LogP contribution in [0.4, 0.5) is 0 Å². The molecule has 0 bridgehead atoms. The van der Waals surface area contributed by atoms with Gasteiger partial charge in [-0.05, 0) is 12.1 Å². The number of carboxylic acid groups (broad SMARTS) is 1. The van der Waals surface area contributed by atoms with Crippen LogP contribution < -0.4 is 10.0 Å². The molecule has 2 aromatic rings. The number of nitrogens with zero attached hydrogens (tertiary/aromatic N) is 3. The van der Waals surface area contributed by atoms with Gasteiger partial charge in [0, 0.05) is 13.0 Å². The van der Waals surface area contributed by atoms with E-state index in [1.165, 1.54) is 18.3 Å². The van der Waals surface area contributed by atoms with Crippen molar-refractivity contribution in [3.63, 3.8) is 0 Å². The summed E-state index contributed by atoms with van der Waals surface area (Å²) in [4.78, 5) is 22.4. The smallest absolute Gasteiger partial charge is 0.325 e. The van der Waals surface area contributed by atoms with Crippen LogP contribution in [0.15, 0.2) is 41.4 Å². The first kappa shape index (κ1) is 18.5. The van der Waals surface area contributed by atoms with Crippen LogP contribution >= 0.6 is 0 Å². The van der Waals surface area contributed by atoms with Gasteiger partial charge in [0.25, 0.3) is 0 Å². The SMILES string of the molecule is O=C(O)Cn1cc(CNC(=O)CCNS(=O)(=O)c2ccccc2)nn1. The van der Waals surface area contributed by atoms with Crippen molar-refractivity contribution in [2.45, 2.75) is 24.4 Å². The summed E-state index contributed by atoms with van der Waals surface area (Å²) in [6.45, 7) is -0.291. The Morgan fingerprint density at radius 3 is 2.60 bits per heavy atom. The molecule has 0 fully saturated rings. The molecular formula is C14H17N5O5S. The molecule has 0 atom stereocenters. The topological polar surface area (TPSA) is 143 Å². The summed E-state index contributed by atoms with van der Waals surface area (Å²) in [5.41, 5.74) is 0.402. The lowest BCUT2D eigenvalue weighted by Gasteiger charge is -2.06. The largest absolute Gasteiger partial charge is 0.480 e. The first-order chi connectivity index (χ1) is 11.9. The lowest BCUT2D eigenvalue weighted by Crippen LogP contribution is -2.30. The van der Waals surface area contributed by atoms with Crippen LogP contribution in [0.5, 0.6) is 0 Å². The standard InChI is InChI=1S/C14H17N5O5S/c20-13(15-8-11-9-19(18-17-11)10-14(21)22)6-7-16-25(23,24)12-4-2-1-3-5-12/h1-5,9,16H,6-8,10H2,(H,15,20)(H,21,22). The van der Waals surface area contributed by atoms with E-state index in [1.54, 1.807) is 18.2 Å². The van der Waals surface area contributed by atoms with Crippen LogP contribution in [0.1, 0.15) is 12.1 Å². The van der Waals surface area contributed by atoms with Crippen LogP contribution in [0.2, 0.25) is 0 Å². The van der Waals surface area contributed by atoms with Crippen molar-refractivity contribution in [3.8, 4) is 0 Å². The maximum Gasteiger partial charge on any atom is 0.325 e. The van der Waals surface area contributed by atoms with E-state index >= 15 is 0 Å². The molecule has 0 unspecified atom stereocenters. The molecule has 0 saturated heterocycles. The Hall–Kier alpha value is -2.79. The van der Waals surface area contributed by atoms with Crippen molar-refractivity contribution in [1.29, 1.82) is 0 Å². The van der Waals surface area contributed by atoms with E-state index in [-0.39, 0.29) is 36.9 Å². The van der Waals surface area contributed by atoms with E-state index in [4.69, 9.17) is 5.11 Å². The van der Waals surface area contributed by atoms with E-state index in [0.29, 0.717) is 5.69 Å². The average Bonchev–Trinajstić information content (AvgIpc) is 3.00. The van der Waals surface area contributed by atoms with Gasteiger partial charge in [0.1, 0.15) is 12.2 Å². The Morgan fingerprint density at radius 2 is 1.92 bits per heavy atom. The molecule has 25 heavy (non-hydrogen) atoms. The number of nitrogens with one attached hydrogen (secondary N) is 2. The van der Waals surface area contributed by atoms with Crippen molar-refractivity contribution < 1.29 is 23.1 Å². The molecule has 0 saturated carbocycles. The van der Waals surface area contributed by atoms with Gasteiger partial charge in [-0.2, -0.15) is 0 Å². The normalized spacial score (nSPS) is 11.2. The monoisotopic (exact) mass is 367 g/mol. The molecule has 1 aromatic heterocycles. The number of carbonyl (C=O) groups excluding carboxylic acids is 1. The van der Waals surface area contributed by atoms with E-state index in [0.717, 1.165) is 4.68 Å². The zero-order valence-corrected chi connectivity index (χ0v) is 13.9. The Labute approximate surface area is 143 Å². The van der Waals surface area contributed by atoms with Crippen molar-refractivity contribution in [2.75, 3.05) is 6.54 Å². The maximum absolute atomic E-state index is 12.0. The fourth-order valence-electron chi connectivity index (χ4n) is 1.89. The van der Waals surface area contributed by atoms with Crippen LogP contribution in [0.3, 0.4) is 0 Å². The number of hydrogen-bond acceptors (Lipinski definition) is 6. The Morgan fingerprint density at radius 1 is 1.20 bits per heavy atom. The van der Waals surface area contributed by atoms with Crippen molar-refractivity contribution >= 4 is 21.9 Å². The van der Waals surface area contributed by atoms with Gasteiger partial charge in [0.2, 0.25) is 15.9 Å². The van der Waals surface area contributed by atoms with Crippen molar-refractivity contribution in [3.05, 3.63) is 42.2 Å². The molecule has 0 aliphatic heterocycles. The first-order valence-electron chi connectivity index (χ1n) is 7.29. The highest BCUT2D eigenvalue weighted by molar-refractivity contribution is 7.89. The summed E-state index contributed by atoms with van der Waals surface area (Å²) >= 11 is 0. The third-order valence-electron chi connectivity index (χ3n) is 3.05. The molecule has 134 valence electrons. The van der Waals surface area contributed by atoms with Crippen LogP contribution in [-0.2, 0) is 32.7 Å². The molecule has 0 aliphatic carbocycles. The molecule has 0 aliphatic rings. The van der Waals surface area contributed by atoms with Crippen LogP contribution in [-0.4, -0.2) is 46.9 Å². The van der Waals surface area contributed by atoms with Gasteiger partial charge in [-0.1, -0.05) is 23.4 Å². The number of carboxylic acids is 1. The first-order valence-corrected chi connectivity index (χ1v) is 8.77. The number of sulfonamides is 1. The van der Waals surface area contributed by atoms with Gasteiger partial charge in [0.05, 0.1) is 17.6 Å². The number of aromatic nitrogens is 3. The third-order valence-corrected chi connectivity index (χ3v) is 4.52. The molecule has 3 N–H and O–H groups in total. The van der Waals surface area contributed by atoms with Gasteiger partial charge in [0.15, 0.2) is 0 Å². The minimum atomic E-state index is -3.64. The Bertz CT molecular complexity index is 834. The summed E-state index contributed by atoms with van der Waals surface area (Å²) < 4.78 is 27.4. The molecular weight excluding hydrogens is 350 g/mol. The Balaban J connectivity index is 1.74. The molecule has 1 amide bonds. The minimum Gasteiger partial charge on any atom is -0.480 e. The zero-order chi connectivity index (χ0) is 18.3. The van der Waals surface area contributed by atoms with Gasteiger partial charge in [-0.15, -0.1) is 5.10 Å². The van der Waals surface area contributed by atoms with Crippen LogP contribution in [0, 0.1) is 0 Å². The highest BCUT2D eigenvalue weighted by Gasteiger charge is 2.13. The minimum absolute atomic E-state index is 0.0463. The third kappa shape index (κ3) is 5.97. The molecule has 1 aromatic carbocycles. The van der Waals surface area contributed by atoms with Crippen LogP contribution in [0.25, 0.3) is 0 Å². The zero-order valence-electron chi connectivity index (χ0n) is 13.1. The van der Waals surface area contributed by atoms with Gasteiger partial charge in [-0.3, -0.25) is 9.59 Å². The number of rotatable bonds is 9. The molecule has 11 heteroatoms. The number of benzene rings is 1. The van der Waals surface area contributed by atoms with Gasteiger partial charge >= 0.3 is 5.97 Å². The second kappa shape index (κ2) is 8.35. The Kier molecular flexibility index (Phi) is 6.19. The fraction of sp³-hybridized carbons (Fsp3) is 0.286. The van der Waals surface area contributed by atoms with E-state index in [1.807, 2.05) is 0 Å². The summed E-state index contributed by atoms with van der Waals surface area (Å²) in [6, 6.07) is 7.85. The summed E-state index contributed by atoms with van der Waals surface area (Å²) in [5.74, 6) is -1.42.